The quantitative estimate of drug-likeness (QED) is 0.186. The van der Waals surface area contributed by atoms with E-state index in [9.17, 15) is 9.59 Å². The summed E-state index contributed by atoms with van der Waals surface area (Å²) in [7, 11) is 0. The lowest BCUT2D eigenvalue weighted by molar-refractivity contribution is -0.111. The number of nitrogens with zero attached hydrogens (tertiary/aromatic N) is 4. The van der Waals surface area contributed by atoms with Crippen LogP contribution < -0.4 is 10.6 Å². The normalized spacial score (nSPS) is 16.8. The average molecular weight is 602 g/mol. The van der Waals surface area contributed by atoms with Crippen LogP contribution in [0.15, 0.2) is 67.4 Å². The maximum Gasteiger partial charge on any atom is 0.410 e. The molecule has 2 amide bonds. The van der Waals surface area contributed by atoms with E-state index in [1.807, 2.05) is 69.3 Å². The zero-order valence-electron chi connectivity index (χ0n) is 24.6. The third-order valence-corrected chi connectivity index (χ3v) is 7.52. The Labute approximate surface area is 255 Å². The van der Waals surface area contributed by atoms with Gasteiger partial charge in [0.05, 0.1) is 16.7 Å². The summed E-state index contributed by atoms with van der Waals surface area (Å²) in [6.07, 6.45) is 5.81. The Morgan fingerprint density at radius 2 is 1.91 bits per heavy atom. The van der Waals surface area contributed by atoms with Crippen LogP contribution in [0.2, 0.25) is 5.02 Å². The molecule has 0 spiro atoms. The van der Waals surface area contributed by atoms with Gasteiger partial charge in [-0.2, -0.15) is 5.10 Å². The molecule has 0 saturated heterocycles. The molecular weight excluding hydrogens is 566 g/mol. The second kappa shape index (κ2) is 12.8. The molecular formula is C32H36ClN7O3. The second-order valence-electron chi connectivity index (χ2n) is 11.7. The van der Waals surface area contributed by atoms with Crippen LogP contribution in [0.3, 0.4) is 0 Å². The Morgan fingerprint density at radius 3 is 2.65 bits per heavy atom. The molecule has 0 bridgehead atoms. The van der Waals surface area contributed by atoms with Crippen LogP contribution in [0, 0.1) is 0 Å². The molecule has 1 aliphatic rings. The predicted molar refractivity (Wildman–Crippen MR) is 169 cm³/mol. The molecule has 1 aliphatic carbocycles. The fourth-order valence-electron chi connectivity index (χ4n) is 5.25. The fraction of sp³-hybridized carbons (Fsp3) is 0.344. The summed E-state index contributed by atoms with van der Waals surface area (Å²) in [6, 6.07) is 15.2. The van der Waals surface area contributed by atoms with Crippen LogP contribution in [-0.2, 0) is 16.1 Å². The molecule has 2 atom stereocenters. The number of fused-ring (bicyclic) bond motifs is 1. The Kier molecular flexibility index (Phi) is 8.96. The van der Waals surface area contributed by atoms with Gasteiger partial charge in [-0.25, -0.2) is 14.8 Å². The van der Waals surface area contributed by atoms with Crippen LogP contribution in [0.4, 0.5) is 16.4 Å². The number of aromatic nitrogens is 4. The van der Waals surface area contributed by atoms with Gasteiger partial charge in [0.1, 0.15) is 17.0 Å². The number of ether oxygens (including phenoxy) is 1. The molecule has 1 fully saturated rings. The first-order valence-electron chi connectivity index (χ1n) is 14.3. The number of H-pyrrole nitrogens is 1. The van der Waals surface area contributed by atoms with Crippen LogP contribution in [0.1, 0.15) is 52.0 Å². The SMILES string of the molecule is C=CC(=O)Nc1ccc(CN(C(=O)OC(C)(C)C)[C@H]2CCC[C@@H](Nc3ncc(Cl)c(-c4n[nH]c5ccccc45)n3)C2)cc1. The third kappa shape index (κ3) is 7.50. The first kappa shape index (κ1) is 30.0. The summed E-state index contributed by atoms with van der Waals surface area (Å²) in [6.45, 7) is 9.45. The number of hydrogen-bond donors (Lipinski definition) is 3. The van der Waals surface area contributed by atoms with Crippen molar-refractivity contribution in [3.63, 3.8) is 0 Å². The van der Waals surface area contributed by atoms with E-state index in [0.717, 1.165) is 35.7 Å². The Bertz CT molecular complexity index is 1610. The number of rotatable bonds is 8. The van der Waals surface area contributed by atoms with Crippen molar-refractivity contribution in [1.82, 2.24) is 25.1 Å². The molecule has 43 heavy (non-hydrogen) atoms. The van der Waals surface area contributed by atoms with E-state index in [2.05, 4.69) is 32.4 Å². The van der Waals surface area contributed by atoms with Gasteiger partial charge in [0.25, 0.3) is 0 Å². The maximum absolute atomic E-state index is 13.5. The van der Waals surface area contributed by atoms with Gasteiger partial charge < -0.3 is 20.3 Å². The first-order valence-corrected chi connectivity index (χ1v) is 14.7. The lowest BCUT2D eigenvalue weighted by atomic mass is 9.90. The molecule has 11 heteroatoms. The van der Waals surface area contributed by atoms with E-state index in [0.29, 0.717) is 41.0 Å². The summed E-state index contributed by atoms with van der Waals surface area (Å²) < 4.78 is 5.82. The monoisotopic (exact) mass is 601 g/mol. The molecule has 2 heterocycles. The highest BCUT2D eigenvalue weighted by Gasteiger charge is 2.33. The van der Waals surface area contributed by atoms with Gasteiger partial charge in [-0.3, -0.25) is 9.89 Å². The summed E-state index contributed by atoms with van der Waals surface area (Å²) >= 11 is 6.51. The molecule has 0 aliphatic heterocycles. The van der Waals surface area contributed by atoms with Gasteiger partial charge in [0.15, 0.2) is 0 Å². The molecule has 224 valence electrons. The van der Waals surface area contributed by atoms with Gasteiger partial charge in [-0.15, -0.1) is 0 Å². The molecule has 1 saturated carbocycles. The highest BCUT2D eigenvalue weighted by Crippen LogP contribution is 2.32. The minimum absolute atomic E-state index is 0.0325. The predicted octanol–water partition coefficient (Wildman–Crippen LogP) is 6.96. The fourth-order valence-corrected chi connectivity index (χ4v) is 5.43. The van der Waals surface area contributed by atoms with Crippen LogP contribution >= 0.6 is 11.6 Å². The minimum atomic E-state index is -0.634. The van der Waals surface area contributed by atoms with Crippen molar-refractivity contribution in [2.75, 3.05) is 10.6 Å². The van der Waals surface area contributed by atoms with E-state index in [-0.39, 0.29) is 24.1 Å². The van der Waals surface area contributed by atoms with Gasteiger partial charge in [-0.05, 0) is 76.3 Å². The van der Waals surface area contributed by atoms with Crippen LogP contribution in [0.25, 0.3) is 22.3 Å². The Hall–Kier alpha value is -4.44. The smallest absolute Gasteiger partial charge is 0.410 e. The Morgan fingerprint density at radius 1 is 1.14 bits per heavy atom. The number of aromatic amines is 1. The van der Waals surface area contributed by atoms with Gasteiger partial charge in [0, 0.05) is 29.7 Å². The summed E-state index contributed by atoms with van der Waals surface area (Å²) in [5.74, 6) is 0.177. The highest BCUT2D eigenvalue weighted by molar-refractivity contribution is 6.33. The summed E-state index contributed by atoms with van der Waals surface area (Å²) in [5, 5.41) is 15.0. The second-order valence-corrected chi connectivity index (χ2v) is 12.1. The summed E-state index contributed by atoms with van der Waals surface area (Å²) in [4.78, 5) is 36.1. The molecule has 2 aromatic heterocycles. The topological polar surface area (TPSA) is 125 Å². The zero-order valence-corrected chi connectivity index (χ0v) is 25.3. The van der Waals surface area contributed by atoms with Gasteiger partial charge >= 0.3 is 6.09 Å². The molecule has 0 unspecified atom stereocenters. The first-order chi connectivity index (χ1) is 20.6. The Balaban J connectivity index is 1.33. The van der Waals surface area contributed by atoms with Crippen molar-refractivity contribution in [3.05, 3.63) is 78.0 Å². The van der Waals surface area contributed by atoms with Crippen LogP contribution in [0.5, 0.6) is 0 Å². The largest absolute Gasteiger partial charge is 0.444 e. The van der Waals surface area contributed by atoms with E-state index < -0.39 is 5.60 Å². The molecule has 5 rings (SSSR count). The average Bonchev–Trinajstić information content (AvgIpc) is 3.41. The molecule has 0 radical (unpaired) electrons. The number of halogens is 1. The van der Waals surface area contributed by atoms with Crippen molar-refractivity contribution in [2.45, 2.75) is 70.7 Å². The number of benzene rings is 2. The number of carbonyl (C=O) groups is 2. The van der Waals surface area contributed by atoms with Crippen molar-refractivity contribution < 1.29 is 14.3 Å². The lowest BCUT2D eigenvalue weighted by Crippen LogP contribution is -2.46. The number of carbonyl (C=O) groups excluding carboxylic acids is 2. The van der Waals surface area contributed by atoms with E-state index in [1.165, 1.54) is 6.08 Å². The number of anilines is 2. The zero-order chi connectivity index (χ0) is 30.6. The van der Waals surface area contributed by atoms with Gasteiger partial charge in [-0.1, -0.05) is 48.5 Å². The summed E-state index contributed by atoms with van der Waals surface area (Å²) in [5.41, 5.74) is 3.06. The molecule has 4 aromatic rings. The lowest BCUT2D eigenvalue weighted by Gasteiger charge is -2.38. The van der Waals surface area contributed by atoms with E-state index in [1.54, 1.807) is 11.1 Å². The van der Waals surface area contributed by atoms with Crippen molar-refractivity contribution >= 4 is 46.1 Å². The van der Waals surface area contributed by atoms with Crippen molar-refractivity contribution in [1.29, 1.82) is 0 Å². The molecule has 10 nitrogen and oxygen atoms in total. The van der Waals surface area contributed by atoms with Crippen molar-refractivity contribution in [3.8, 4) is 11.4 Å². The maximum atomic E-state index is 13.5. The van der Waals surface area contributed by atoms with E-state index >= 15 is 0 Å². The molecule has 2 aromatic carbocycles. The number of para-hydroxylation sites is 1. The number of nitrogens with one attached hydrogen (secondary N) is 3. The van der Waals surface area contributed by atoms with E-state index in [4.69, 9.17) is 21.3 Å². The third-order valence-electron chi connectivity index (χ3n) is 7.25. The minimum Gasteiger partial charge on any atom is -0.444 e. The standard InChI is InChI=1S/C32H36ClN7O3/c1-5-27(41)35-21-15-13-20(14-16-21)19-40(31(42)43-32(2,3)4)23-10-8-9-22(17-23)36-30-34-18-25(33)29(37-30)28-24-11-6-7-12-26(24)38-39-28/h5-7,11-16,18,22-23H,1,8-10,17,19H2,2-4H3,(H,35,41)(H,38,39)(H,34,36,37)/t22-,23+/m1/s1. The van der Waals surface area contributed by atoms with Crippen LogP contribution in [-0.4, -0.2) is 54.8 Å². The number of amides is 2. The highest BCUT2D eigenvalue weighted by atomic mass is 35.5. The van der Waals surface area contributed by atoms with Crippen molar-refractivity contribution in [2.24, 2.45) is 0 Å². The number of hydrogen-bond acceptors (Lipinski definition) is 7. The molecule has 3 N–H and O–H groups in total. The van der Waals surface area contributed by atoms with Gasteiger partial charge in [0.2, 0.25) is 11.9 Å².